The summed E-state index contributed by atoms with van der Waals surface area (Å²) in [7, 11) is -12.4. The third-order valence-corrected chi connectivity index (χ3v) is 10.5. The Morgan fingerprint density at radius 2 is 0.961 bits per heavy atom. The van der Waals surface area contributed by atoms with E-state index in [4.69, 9.17) is 12.9 Å². The van der Waals surface area contributed by atoms with E-state index < -0.39 is 30.4 Å². The SMILES string of the molecule is Cc1ccc(S(=O)(=O)OCCN(CCOS(=O)(=O)c2ccc(C)cc2)c2ccc(N=Nc3ccc(S(=O)(=O)O)cc3)cc2)cc1.c1ccncc1. The molecule has 0 spiro atoms. The lowest BCUT2D eigenvalue weighted by molar-refractivity contribution is 0.306. The van der Waals surface area contributed by atoms with Crippen molar-refractivity contribution >= 4 is 47.4 Å². The van der Waals surface area contributed by atoms with Crippen LogP contribution in [0.25, 0.3) is 0 Å². The number of anilines is 1. The van der Waals surface area contributed by atoms with E-state index in [1.807, 2.05) is 32.0 Å². The van der Waals surface area contributed by atoms with E-state index in [0.717, 1.165) is 11.1 Å². The largest absolute Gasteiger partial charge is 0.367 e. The van der Waals surface area contributed by atoms with Crippen molar-refractivity contribution in [2.75, 3.05) is 31.2 Å². The van der Waals surface area contributed by atoms with Gasteiger partial charge in [0.15, 0.2) is 0 Å². The Kier molecular flexibility index (Phi) is 13.7. The van der Waals surface area contributed by atoms with Crippen LogP contribution in [0.3, 0.4) is 0 Å². The van der Waals surface area contributed by atoms with Gasteiger partial charge >= 0.3 is 0 Å². The van der Waals surface area contributed by atoms with E-state index in [0.29, 0.717) is 17.1 Å². The summed E-state index contributed by atoms with van der Waals surface area (Å²) >= 11 is 0. The van der Waals surface area contributed by atoms with Crippen LogP contribution >= 0.6 is 0 Å². The average molecular weight is 753 g/mol. The minimum atomic E-state index is -4.32. The fourth-order valence-corrected chi connectivity index (χ4v) is 6.55. The smallest absolute Gasteiger partial charge is 0.297 e. The van der Waals surface area contributed by atoms with Crippen LogP contribution in [0.2, 0.25) is 0 Å². The molecule has 0 radical (unpaired) electrons. The number of nitrogens with zero attached hydrogens (tertiary/aromatic N) is 4. The van der Waals surface area contributed by atoms with E-state index in [-0.39, 0.29) is 41.0 Å². The van der Waals surface area contributed by atoms with Crippen LogP contribution in [-0.2, 0) is 38.7 Å². The Balaban J connectivity index is 0.000000878. The Labute approximate surface area is 298 Å². The van der Waals surface area contributed by atoms with Crippen molar-refractivity contribution in [1.82, 2.24) is 4.98 Å². The molecule has 1 N–H and O–H groups in total. The summed E-state index contributed by atoms with van der Waals surface area (Å²) in [6.07, 6.45) is 3.50. The molecular formula is C35H36N4O9S3. The molecule has 5 aromatic rings. The second-order valence-corrected chi connectivity index (χ2v) is 15.5. The number of hydrogen-bond acceptors (Lipinski definition) is 12. The van der Waals surface area contributed by atoms with Gasteiger partial charge in [0, 0.05) is 31.2 Å². The Bertz CT molecular complexity index is 2090. The molecule has 5 rings (SSSR count). The van der Waals surface area contributed by atoms with Crippen molar-refractivity contribution < 1.29 is 38.2 Å². The van der Waals surface area contributed by atoms with Gasteiger partial charge in [-0.25, -0.2) is 0 Å². The minimum absolute atomic E-state index is 0.0227. The molecule has 13 nitrogen and oxygen atoms in total. The molecule has 268 valence electrons. The van der Waals surface area contributed by atoms with Crippen molar-refractivity contribution in [1.29, 1.82) is 0 Å². The van der Waals surface area contributed by atoms with Crippen LogP contribution in [-0.4, -0.2) is 61.1 Å². The zero-order valence-corrected chi connectivity index (χ0v) is 30.1. The summed E-state index contributed by atoms with van der Waals surface area (Å²) in [6, 6.07) is 30.1. The molecule has 51 heavy (non-hydrogen) atoms. The van der Waals surface area contributed by atoms with E-state index in [9.17, 15) is 25.3 Å². The summed E-state index contributed by atoms with van der Waals surface area (Å²) < 4.78 is 92.8. The maximum absolute atomic E-state index is 12.7. The zero-order chi connectivity index (χ0) is 36.9. The summed E-state index contributed by atoms with van der Waals surface area (Å²) in [6.45, 7) is 3.41. The second-order valence-electron chi connectivity index (χ2n) is 10.9. The standard InChI is InChI=1S/C30H31N3O9S3.C5H5N/c1-23-3-13-29(14-4-23)44(37,38)41-21-19-33(20-22-42-45(39,40)30-15-5-24(2)6-16-30)27-11-7-25(8-12-27)31-32-26-9-17-28(18-10-26)43(34,35)36;1-2-4-6-5-3-1/h3-18H,19-22H2,1-2H3,(H,34,35,36);1-5H. The first-order valence-corrected chi connectivity index (χ1v) is 19.6. The molecule has 4 aromatic carbocycles. The summed E-state index contributed by atoms with van der Waals surface area (Å²) in [5.74, 6) is 0. The van der Waals surface area contributed by atoms with Gasteiger partial charge in [-0.1, -0.05) is 41.5 Å². The van der Waals surface area contributed by atoms with Gasteiger partial charge in [-0.2, -0.15) is 35.5 Å². The number of hydrogen-bond donors (Lipinski definition) is 1. The Hall–Kier alpha value is -4.84. The summed E-state index contributed by atoms with van der Waals surface area (Å²) in [5, 5.41) is 8.18. The van der Waals surface area contributed by atoms with Crippen LogP contribution in [0.15, 0.2) is 153 Å². The first-order chi connectivity index (χ1) is 24.2. The van der Waals surface area contributed by atoms with E-state index in [1.165, 1.54) is 48.5 Å². The Morgan fingerprint density at radius 1 is 0.569 bits per heavy atom. The number of pyridine rings is 1. The third-order valence-electron chi connectivity index (χ3n) is 7.02. The molecule has 0 bridgehead atoms. The minimum Gasteiger partial charge on any atom is -0.367 e. The third kappa shape index (κ3) is 12.5. The highest BCUT2D eigenvalue weighted by molar-refractivity contribution is 7.87. The lowest BCUT2D eigenvalue weighted by Gasteiger charge is -2.24. The van der Waals surface area contributed by atoms with Crippen molar-refractivity contribution in [3.8, 4) is 0 Å². The summed E-state index contributed by atoms with van der Waals surface area (Å²) in [4.78, 5) is 5.28. The maximum Gasteiger partial charge on any atom is 0.297 e. The molecular weight excluding hydrogens is 717 g/mol. The lowest BCUT2D eigenvalue weighted by atomic mass is 10.2. The van der Waals surface area contributed by atoms with Crippen molar-refractivity contribution in [3.05, 3.63) is 139 Å². The molecule has 0 aliphatic carbocycles. The number of azo groups is 1. The van der Waals surface area contributed by atoms with E-state index >= 15 is 0 Å². The van der Waals surface area contributed by atoms with Crippen molar-refractivity contribution in [2.24, 2.45) is 10.2 Å². The van der Waals surface area contributed by atoms with Crippen LogP contribution < -0.4 is 4.90 Å². The predicted molar refractivity (Wildman–Crippen MR) is 192 cm³/mol. The predicted octanol–water partition coefficient (Wildman–Crippen LogP) is 6.66. The van der Waals surface area contributed by atoms with E-state index in [1.54, 1.807) is 65.8 Å². The molecule has 16 heteroatoms. The number of aromatic nitrogens is 1. The zero-order valence-electron chi connectivity index (χ0n) is 27.7. The molecule has 0 fully saturated rings. The van der Waals surface area contributed by atoms with Crippen molar-refractivity contribution in [2.45, 2.75) is 28.5 Å². The van der Waals surface area contributed by atoms with Crippen LogP contribution in [0, 0.1) is 13.8 Å². The van der Waals surface area contributed by atoms with Crippen molar-refractivity contribution in [3.63, 3.8) is 0 Å². The first kappa shape index (κ1) is 39.0. The van der Waals surface area contributed by atoms with Crippen LogP contribution in [0.4, 0.5) is 17.1 Å². The number of benzene rings is 4. The molecule has 0 saturated carbocycles. The first-order valence-electron chi connectivity index (χ1n) is 15.3. The fraction of sp³-hybridized carbons (Fsp3) is 0.171. The molecule has 0 amide bonds. The molecule has 1 heterocycles. The molecule has 0 aliphatic rings. The number of rotatable bonds is 14. The highest BCUT2D eigenvalue weighted by Crippen LogP contribution is 2.24. The van der Waals surface area contributed by atoms with Gasteiger partial charge in [-0.15, -0.1) is 0 Å². The Morgan fingerprint density at radius 3 is 1.31 bits per heavy atom. The monoisotopic (exact) mass is 752 g/mol. The average Bonchev–Trinajstić information content (AvgIpc) is 3.11. The molecule has 0 unspecified atom stereocenters. The van der Waals surface area contributed by atoms with Gasteiger partial charge in [0.1, 0.15) is 0 Å². The second kappa shape index (κ2) is 17.9. The van der Waals surface area contributed by atoms with Gasteiger partial charge in [0.25, 0.3) is 30.4 Å². The quantitative estimate of drug-likeness (QED) is 0.0727. The lowest BCUT2D eigenvalue weighted by Crippen LogP contribution is -2.32. The van der Waals surface area contributed by atoms with E-state index in [2.05, 4.69) is 15.2 Å². The maximum atomic E-state index is 12.7. The molecule has 0 aliphatic heterocycles. The summed E-state index contributed by atoms with van der Waals surface area (Å²) in [5.41, 5.74) is 3.22. The molecule has 0 saturated heterocycles. The molecule has 1 aromatic heterocycles. The van der Waals surface area contributed by atoms with Crippen LogP contribution in [0.1, 0.15) is 11.1 Å². The highest BCUT2D eigenvalue weighted by Gasteiger charge is 2.18. The van der Waals surface area contributed by atoms with Gasteiger partial charge in [0.2, 0.25) is 0 Å². The highest BCUT2D eigenvalue weighted by atomic mass is 32.2. The van der Waals surface area contributed by atoms with Crippen LogP contribution in [0.5, 0.6) is 0 Å². The van der Waals surface area contributed by atoms with Gasteiger partial charge in [-0.05, 0) is 98.8 Å². The van der Waals surface area contributed by atoms with Gasteiger partial charge < -0.3 is 4.90 Å². The number of aryl methyl sites for hydroxylation is 2. The normalized spacial score (nSPS) is 11.9. The topological polar surface area (TPSA) is 182 Å². The van der Waals surface area contributed by atoms with Gasteiger partial charge in [-0.3, -0.25) is 17.9 Å². The van der Waals surface area contributed by atoms with Gasteiger partial charge in [0.05, 0.1) is 39.3 Å². The fourth-order valence-electron chi connectivity index (χ4n) is 4.27. The molecule has 0 atom stereocenters.